The van der Waals surface area contributed by atoms with Crippen molar-refractivity contribution in [2.24, 2.45) is 11.7 Å². The minimum absolute atomic E-state index is 0.350. The third-order valence-electron chi connectivity index (χ3n) is 4.01. The molecule has 7 N–H and O–H groups in total. The van der Waals surface area contributed by atoms with Crippen LogP contribution in [0.2, 0.25) is 0 Å². The van der Waals surface area contributed by atoms with Gasteiger partial charge >= 0.3 is 5.97 Å². The molecule has 0 aliphatic rings. The normalized spacial score (nSPS) is 16.4. The summed E-state index contributed by atoms with van der Waals surface area (Å²) in [7, 11) is 0. The molecule has 28 heavy (non-hydrogen) atoms. The van der Waals surface area contributed by atoms with Gasteiger partial charge in [-0.3, -0.25) is 14.4 Å². The van der Waals surface area contributed by atoms with Gasteiger partial charge in [0, 0.05) is 0 Å². The van der Waals surface area contributed by atoms with Crippen LogP contribution in [0.15, 0.2) is 0 Å². The number of rotatable bonds is 12. The Bertz CT molecular complexity index is 558. The Kier molecular flexibility index (Phi) is 11.7. The van der Waals surface area contributed by atoms with Gasteiger partial charge in [-0.25, -0.2) is 4.79 Å². The molecule has 162 valence electrons. The molecule has 0 rings (SSSR count). The number of aliphatic hydroxyl groups is 1. The molecule has 0 aliphatic carbocycles. The van der Waals surface area contributed by atoms with Crippen molar-refractivity contribution in [3.63, 3.8) is 0 Å². The van der Waals surface area contributed by atoms with Crippen LogP contribution in [0.25, 0.3) is 0 Å². The fourth-order valence-electron chi connectivity index (χ4n) is 2.20. The number of aliphatic hydroxyl groups excluding tert-OH is 1. The minimum Gasteiger partial charge on any atom is -0.480 e. The maximum Gasteiger partial charge on any atom is 0.326 e. The van der Waals surface area contributed by atoms with Crippen molar-refractivity contribution in [2.45, 2.75) is 64.4 Å². The first-order valence-electron chi connectivity index (χ1n) is 8.98. The summed E-state index contributed by atoms with van der Waals surface area (Å²) < 4.78 is 0. The number of thioether (sulfide) groups is 1. The van der Waals surface area contributed by atoms with E-state index in [9.17, 15) is 24.3 Å². The Morgan fingerprint density at radius 3 is 1.89 bits per heavy atom. The van der Waals surface area contributed by atoms with E-state index in [0.29, 0.717) is 12.2 Å². The fourth-order valence-corrected chi connectivity index (χ4v) is 2.69. The van der Waals surface area contributed by atoms with E-state index >= 15 is 0 Å². The first kappa shape index (κ1) is 26.1. The zero-order chi connectivity index (χ0) is 22.0. The van der Waals surface area contributed by atoms with Crippen molar-refractivity contribution >= 4 is 35.5 Å². The lowest BCUT2D eigenvalue weighted by Crippen LogP contribution is -2.59. The van der Waals surface area contributed by atoms with Crippen LogP contribution in [0.5, 0.6) is 0 Å². The second-order valence-electron chi connectivity index (χ2n) is 6.91. The lowest BCUT2D eigenvalue weighted by atomic mass is 10.0. The summed E-state index contributed by atoms with van der Waals surface area (Å²) in [6, 6.07) is -4.31. The Morgan fingerprint density at radius 2 is 1.46 bits per heavy atom. The summed E-state index contributed by atoms with van der Waals surface area (Å²) in [5.74, 6) is -2.93. The smallest absolute Gasteiger partial charge is 0.326 e. The molecule has 0 radical (unpaired) electrons. The third-order valence-corrected chi connectivity index (χ3v) is 4.66. The van der Waals surface area contributed by atoms with E-state index in [-0.39, 0.29) is 5.92 Å². The molecular weight excluding hydrogens is 388 g/mol. The Balaban J connectivity index is 4.93. The molecule has 0 spiro atoms. The Hall–Kier alpha value is -1.85. The number of carbonyl (C=O) groups excluding carboxylic acids is 3. The lowest BCUT2D eigenvalue weighted by Gasteiger charge is -2.25. The maximum atomic E-state index is 12.4. The molecule has 0 heterocycles. The van der Waals surface area contributed by atoms with E-state index in [1.54, 1.807) is 13.8 Å². The first-order valence-corrected chi connectivity index (χ1v) is 10.4. The predicted octanol–water partition coefficient (Wildman–Crippen LogP) is -1.34. The molecule has 11 heteroatoms. The molecule has 3 amide bonds. The van der Waals surface area contributed by atoms with Crippen molar-refractivity contribution in [1.29, 1.82) is 0 Å². The van der Waals surface area contributed by atoms with E-state index in [4.69, 9.17) is 10.8 Å². The van der Waals surface area contributed by atoms with Gasteiger partial charge in [0.1, 0.15) is 18.1 Å². The van der Waals surface area contributed by atoms with Crippen molar-refractivity contribution in [3.05, 3.63) is 0 Å². The highest BCUT2D eigenvalue weighted by Gasteiger charge is 2.31. The van der Waals surface area contributed by atoms with Crippen LogP contribution in [-0.2, 0) is 19.2 Å². The molecule has 5 unspecified atom stereocenters. The van der Waals surface area contributed by atoms with Crippen molar-refractivity contribution in [1.82, 2.24) is 16.0 Å². The predicted molar refractivity (Wildman–Crippen MR) is 107 cm³/mol. The highest BCUT2D eigenvalue weighted by Crippen LogP contribution is 2.03. The highest BCUT2D eigenvalue weighted by atomic mass is 32.2. The van der Waals surface area contributed by atoms with Gasteiger partial charge in [-0.1, -0.05) is 13.8 Å². The third kappa shape index (κ3) is 8.89. The molecule has 0 aliphatic heterocycles. The second-order valence-corrected chi connectivity index (χ2v) is 7.90. The van der Waals surface area contributed by atoms with E-state index in [1.807, 2.05) is 6.26 Å². The number of amides is 3. The molecule has 0 saturated heterocycles. The van der Waals surface area contributed by atoms with Crippen molar-refractivity contribution in [2.75, 3.05) is 12.0 Å². The number of carbonyl (C=O) groups is 4. The summed E-state index contributed by atoms with van der Waals surface area (Å²) in [4.78, 5) is 47.9. The van der Waals surface area contributed by atoms with Gasteiger partial charge in [-0.15, -0.1) is 0 Å². The Labute approximate surface area is 169 Å². The zero-order valence-corrected chi connectivity index (χ0v) is 17.7. The highest BCUT2D eigenvalue weighted by molar-refractivity contribution is 7.98. The number of carboxylic acids is 1. The average molecular weight is 421 g/mol. The van der Waals surface area contributed by atoms with Crippen molar-refractivity contribution < 1.29 is 29.4 Å². The van der Waals surface area contributed by atoms with Gasteiger partial charge in [0.15, 0.2) is 0 Å². The number of nitrogens with two attached hydrogens (primary N) is 1. The topological polar surface area (TPSA) is 171 Å². The van der Waals surface area contributed by atoms with Crippen LogP contribution < -0.4 is 21.7 Å². The molecule has 0 saturated carbocycles. The molecule has 0 fully saturated rings. The summed E-state index contributed by atoms with van der Waals surface area (Å²) in [5.41, 5.74) is 5.75. The van der Waals surface area contributed by atoms with Crippen LogP contribution in [0.3, 0.4) is 0 Å². The number of hydrogen-bond donors (Lipinski definition) is 6. The number of aliphatic carboxylic acids is 1. The molecule has 0 bridgehead atoms. The van der Waals surface area contributed by atoms with Crippen LogP contribution in [0, 0.1) is 5.92 Å². The minimum atomic E-state index is -1.30. The molecular formula is C17H32N4O6S. The van der Waals surface area contributed by atoms with Gasteiger partial charge in [0.05, 0.1) is 12.1 Å². The van der Waals surface area contributed by atoms with Crippen LogP contribution in [0.1, 0.15) is 34.1 Å². The van der Waals surface area contributed by atoms with Gasteiger partial charge < -0.3 is 31.9 Å². The molecule has 0 aromatic carbocycles. The molecule has 0 aromatic rings. The maximum absolute atomic E-state index is 12.4. The lowest BCUT2D eigenvalue weighted by molar-refractivity contribution is -0.143. The van der Waals surface area contributed by atoms with Gasteiger partial charge in [0.25, 0.3) is 0 Å². The van der Waals surface area contributed by atoms with Crippen LogP contribution >= 0.6 is 11.8 Å². The quantitative estimate of drug-likeness (QED) is 0.225. The zero-order valence-electron chi connectivity index (χ0n) is 16.9. The number of nitrogens with one attached hydrogen (secondary N) is 3. The fraction of sp³-hybridized carbons (Fsp3) is 0.765. The summed E-state index contributed by atoms with van der Waals surface area (Å²) in [6.45, 7) is 5.97. The largest absolute Gasteiger partial charge is 0.480 e. The summed E-state index contributed by atoms with van der Waals surface area (Å²) in [5, 5.41) is 26.1. The SMILES string of the molecule is CSCCC(N)C(=O)NC(C(=O)NC(C)C(=O)NC(C(=O)O)C(C)C)C(C)O. The van der Waals surface area contributed by atoms with E-state index < -0.39 is 54.0 Å². The molecule has 0 aromatic heterocycles. The number of carboxylic acid groups (broad SMARTS) is 1. The van der Waals surface area contributed by atoms with Gasteiger partial charge in [0.2, 0.25) is 17.7 Å². The van der Waals surface area contributed by atoms with Crippen molar-refractivity contribution in [3.8, 4) is 0 Å². The van der Waals surface area contributed by atoms with E-state index in [2.05, 4.69) is 16.0 Å². The monoisotopic (exact) mass is 420 g/mol. The van der Waals surface area contributed by atoms with Crippen LogP contribution in [0.4, 0.5) is 0 Å². The first-order chi connectivity index (χ1) is 12.9. The average Bonchev–Trinajstić information content (AvgIpc) is 2.60. The van der Waals surface area contributed by atoms with Crippen LogP contribution in [-0.4, -0.2) is 76.2 Å². The molecule has 10 nitrogen and oxygen atoms in total. The Morgan fingerprint density at radius 1 is 0.929 bits per heavy atom. The van der Waals surface area contributed by atoms with E-state index in [0.717, 1.165) is 0 Å². The second kappa shape index (κ2) is 12.6. The van der Waals surface area contributed by atoms with Gasteiger partial charge in [-0.2, -0.15) is 11.8 Å². The molecule has 5 atom stereocenters. The van der Waals surface area contributed by atoms with E-state index in [1.165, 1.54) is 25.6 Å². The number of hydrogen-bond acceptors (Lipinski definition) is 7. The summed E-state index contributed by atoms with van der Waals surface area (Å²) in [6.07, 6.45) is 1.05. The standard InChI is InChI=1S/C17H32N4O6S/c1-8(2)12(17(26)27)20-14(23)9(3)19-16(25)13(10(4)22)21-15(24)11(18)6-7-28-5/h8-13,22H,6-7,18H2,1-5H3,(H,19,25)(H,20,23)(H,21,24)(H,26,27). The van der Waals surface area contributed by atoms with Gasteiger partial charge in [-0.05, 0) is 38.2 Å². The summed E-state index contributed by atoms with van der Waals surface area (Å²) >= 11 is 1.52.